The van der Waals surface area contributed by atoms with Crippen LogP contribution in [0.25, 0.3) is 11.1 Å². The summed E-state index contributed by atoms with van der Waals surface area (Å²) in [5.74, 6) is -0.376. The molecule has 0 aromatic heterocycles. The van der Waals surface area contributed by atoms with E-state index in [0.29, 0.717) is 23.4 Å². The van der Waals surface area contributed by atoms with Gasteiger partial charge in [0.2, 0.25) is 10.0 Å². The highest BCUT2D eigenvalue weighted by Crippen LogP contribution is 2.32. The number of esters is 1. The molecule has 0 aliphatic carbocycles. The number of anilines is 1. The minimum atomic E-state index is -3.57. The lowest BCUT2D eigenvalue weighted by atomic mass is 10.0. The smallest absolute Gasteiger partial charge is 0.337 e. The van der Waals surface area contributed by atoms with E-state index in [-0.39, 0.29) is 21.9 Å². The van der Waals surface area contributed by atoms with E-state index in [9.17, 15) is 23.3 Å². The summed E-state index contributed by atoms with van der Waals surface area (Å²) in [7, 11) is -2.31. The Kier molecular flexibility index (Phi) is 9.70. The van der Waals surface area contributed by atoms with Crippen LogP contribution in [0.5, 0.6) is 11.5 Å². The number of benzene rings is 4. The van der Waals surface area contributed by atoms with Crippen molar-refractivity contribution in [3.8, 4) is 28.7 Å². The van der Waals surface area contributed by atoms with Gasteiger partial charge in [-0.15, -0.1) is 0 Å². The van der Waals surface area contributed by atoms with E-state index in [4.69, 9.17) is 9.47 Å². The minimum absolute atomic E-state index is 0.185. The van der Waals surface area contributed by atoms with Crippen molar-refractivity contribution < 1.29 is 27.5 Å². The molecule has 0 saturated heterocycles. The van der Waals surface area contributed by atoms with Gasteiger partial charge in [-0.3, -0.25) is 4.79 Å². The Morgan fingerprint density at radius 3 is 2.19 bits per heavy atom. The van der Waals surface area contributed by atoms with Crippen molar-refractivity contribution in [3.63, 3.8) is 0 Å². The number of unbranched alkanes of at least 4 members (excludes halogenated alkanes) is 1. The lowest BCUT2D eigenvalue weighted by Crippen LogP contribution is -2.24. The van der Waals surface area contributed by atoms with Crippen LogP contribution in [0.4, 0.5) is 5.69 Å². The third kappa shape index (κ3) is 7.40. The summed E-state index contributed by atoms with van der Waals surface area (Å²) in [5.41, 5.74) is 2.79. The first-order valence-electron chi connectivity index (χ1n) is 13.2. The predicted molar refractivity (Wildman–Crippen MR) is 159 cm³/mol. The molecular weight excluding hydrogens is 554 g/mol. The number of nitrogens with one attached hydrogen (secondary N) is 2. The number of carbonyl (C=O) groups is 2. The van der Waals surface area contributed by atoms with Crippen LogP contribution in [0.3, 0.4) is 0 Å². The lowest BCUT2D eigenvalue weighted by Gasteiger charge is -2.14. The number of rotatable bonds is 11. The van der Waals surface area contributed by atoms with Crippen LogP contribution in [0.1, 0.15) is 46.0 Å². The van der Waals surface area contributed by atoms with Crippen LogP contribution in [0.2, 0.25) is 0 Å². The Balaban J connectivity index is 1.53. The molecule has 2 N–H and O–H groups in total. The molecule has 4 aromatic carbocycles. The molecule has 0 atom stereocenters. The van der Waals surface area contributed by atoms with Gasteiger partial charge in [0.15, 0.2) is 5.75 Å². The number of hydrogen-bond acceptors (Lipinski definition) is 7. The van der Waals surface area contributed by atoms with Gasteiger partial charge in [0, 0.05) is 12.1 Å². The van der Waals surface area contributed by atoms with E-state index >= 15 is 0 Å². The summed E-state index contributed by atoms with van der Waals surface area (Å²) in [4.78, 5) is 25.5. The van der Waals surface area contributed by atoms with E-state index in [0.717, 1.165) is 24.0 Å². The highest BCUT2D eigenvalue weighted by Gasteiger charge is 2.16. The molecule has 0 fully saturated rings. The molecule has 0 bridgehead atoms. The quantitative estimate of drug-likeness (QED) is 0.160. The molecule has 0 spiro atoms. The largest absolute Gasteiger partial charge is 0.465 e. The topological polar surface area (TPSA) is 135 Å². The number of sulfonamides is 1. The number of nitriles is 1. The first kappa shape index (κ1) is 30.0. The van der Waals surface area contributed by atoms with E-state index in [1.807, 2.05) is 13.0 Å². The fourth-order valence-electron chi connectivity index (χ4n) is 4.02. The third-order valence-corrected chi connectivity index (χ3v) is 7.78. The molecule has 42 heavy (non-hydrogen) atoms. The highest BCUT2D eigenvalue weighted by molar-refractivity contribution is 7.89. The monoisotopic (exact) mass is 583 g/mol. The van der Waals surface area contributed by atoms with Gasteiger partial charge < -0.3 is 14.8 Å². The number of ether oxygens (including phenoxy) is 2. The van der Waals surface area contributed by atoms with Crippen molar-refractivity contribution in [2.24, 2.45) is 0 Å². The first-order chi connectivity index (χ1) is 20.2. The first-order valence-corrected chi connectivity index (χ1v) is 14.6. The average Bonchev–Trinajstić information content (AvgIpc) is 3.01. The molecule has 214 valence electrons. The Morgan fingerprint density at radius 1 is 0.881 bits per heavy atom. The van der Waals surface area contributed by atoms with Crippen molar-refractivity contribution in [2.75, 3.05) is 19.0 Å². The van der Waals surface area contributed by atoms with Crippen LogP contribution < -0.4 is 14.8 Å². The van der Waals surface area contributed by atoms with Crippen LogP contribution in [-0.4, -0.2) is 33.9 Å². The molecule has 0 radical (unpaired) electrons. The zero-order chi connectivity index (χ0) is 30.1. The van der Waals surface area contributed by atoms with Gasteiger partial charge >= 0.3 is 5.97 Å². The van der Waals surface area contributed by atoms with Gasteiger partial charge in [0.05, 0.1) is 34.9 Å². The minimum Gasteiger partial charge on any atom is -0.465 e. The van der Waals surface area contributed by atoms with Gasteiger partial charge in [-0.25, -0.2) is 17.9 Å². The Labute approximate surface area is 244 Å². The zero-order valence-electron chi connectivity index (χ0n) is 23.1. The Bertz CT molecular complexity index is 1730. The summed E-state index contributed by atoms with van der Waals surface area (Å²) in [5, 5.41) is 12.0. The van der Waals surface area contributed by atoms with E-state index < -0.39 is 21.9 Å². The maximum atomic E-state index is 13.2. The number of nitrogens with zero attached hydrogens (tertiary/aromatic N) is 1. The standard InChI is InChI=1S/C32H29N3O6S/c1-3-4-18-34-42(38,39)28-15-12-24(13-16-28)23-8-10-25(11-9-23)31(36)35-29-20-26(32(37)40-2)14-17-30(29)41-27-7-5-6-22(19-27)21-33/h5-17,19-20,34H,3-4,18H2,1-2H3,(H,35,36). The van der Waals surface area contributed by atoms with Crippen LogP contribution in [0, 0.1) is 11.3 Å². The molecule has 0 heterocycles. The molecule has 0 aliphatic heterocycles. The summed E-state index contributed by atoms with van der Waals surface area (Å²) in [6.07, 6.45) is 1.65. The Hall–Kier alpha value is -4.98. The van der Waals surface area contributed by atoms with Gasteiger partial charge in [0.1, 0.15) is 5.75 Å². The van der Waals surface area contributed by atoms with E-state index in [2.05, 4.69) is 10.0 Å². The molecule has 0 saturated carbocycles. The van der Waals surface area contributed by atoms with Crippen LogP contribution in [-0.2, 0) is 14.8 Å². The molecule has 4 aromatic rings. The summed E-state index contributed by atoms with van der Waals surface area (Å²) in [6, 6.07) is 26.4. The predicted octanol–water partition coefficient (Wildman–Crippen LogP) is 6.13. The molecule has 10 heteroatoms. The number of methoxy groups -OCH3 is 1. The second kappa shape index (κ2) is 13.6. The van der Waals surface area contributed by atoms with Gasteiger partial charge in [-0.05, 0) is 78.2 Å². The van der Waals surface area contributed by atoms with Crippen molar-refractivity contribution in [2.45, 2.75) is 24.7 Å². The van der Waals surface area contributed by atoms with E-state index in [1.54, 1.807) is 72.8 Å². The fourth-order valence-corrected chi connectivity index (χ4v) is 5.09. The van der Waals surface area contributed by atoms with Crippen molar-refractivity contribution in [1.29, 1.82) is 5.26 Å². The molecule has 0 aliphatic rings. The van der Waals surface area contributed by atoms with Crippen molar-refractivity contribution in [3.05, 3.63) is 108 Å². The van der Waals surface area contributed by atoms with Gasteiger partial charge in [-0.2, -0.15) is 5.26 Å². The second-order valence-electron chi connectivity index (χ2n) is 9.25. The SMILES string of the molecule is CCCCNS(=O)(=O)c1ccc(-c2ccc(C(=O)Nc3cc(C(=O)OC)ccc3Oc3cccc(C#N)c3)cc2)cc1. The highest BCUT2D eigenvalue weighted by atomic mass is 32.2. The molecule has 0 unspecified atom stereocenters. The maximum Gasteiger partial charge on any atom is 0.337 e. The molecule has 4 rings (SSSR count). The number of amides is 1. The van der Waals surface area contributed by atoms with Crippen molar-refractivity contribution in [1.82, 2.24) is 4.72 Å². The molecule has 1 amide bonds. The van der Waals surface area contributed by atoms with Crippen LogP contribution in [0.15, 0.2) is 95.9 Å². The fraction of sp³-hybridized carbons (Fsp3) is 0.156. The number of carbonyl (C=O) groups excluding carboxylic acids is 2. The zero-order valence-corrected chi connectivity index (χ0v) is 23.9. The normalized spacial score (nSPS) is 10.9. The summed E-state index contributed by atoms with van der Waals surface area (Å²) < 4.78 is 38.2. The average molecular weight is 584 g/mol. The van der Waals surface area contributed by atoms with Crippen LogP contribution >= 0.6 is 0 Å². The van der Waals surface area contributed by atoms with Gasteiger partial charge in [0.25, 0.3) is 5.91 Å². The second-order valence-corrected chi connectivity index (χ2v) is 11.0. The van der Waals surface area contributed by atoms with Gasteiger partial charge in [-0.1, -0.05) is 43.7 Å². The maximum absolute atomic E-state index is 13.2. The molecular formula is C32H29N3O6S. The molecule has 9 nitrogen and oxygen atoms in total. The number of hydrogen-bond donors (Lipinski definition) is 2. The summed E-state index contributed by atoms with van der Waals surface area (Å²) >= 11 is 0. The van der Waals surface area contributed by atoms with Crippen molar-refractivity contribution >= 4 is 27.6 Å². The third-order valence-electron chi connectivity index (χ3n) is 6.31. The summed E-state index contributed by atoms with van der Waals surface area (Å²) in [6.45, 7) is 2.38. The van der Waals surface area contributed by atoms with E-state index in [1.165, 1.54) is 25.3 Å². The lowest BCUT2D eigenvalue weighted by molar-refractivity contribution is 0.0600. The Morgan fingerprint density at radius 2 is 1.55 bits per heavy atom.